The third-order valence-corrected chi connectivity index (χ3v) is 9.00. The van der Waals surface area contributed by atoms with Crippen molar-refractivity contribution < 1.29 is 27.8 Å². The lowest BCUT2D eigenvalue weighted by Gasteiger charge is -2.53. The highest BCUT2D eigenvalue weighted by atomic mass is 19.4. The maximum atomic E-state index is 13.1. The summed E-state index contributed by atoms with van der Waals surface area (Å²) in [6, 6.07) is 5.62. The molecular weight excluding hydrogens is 481 g/mol. The fourth-order valence-electron chi connectivity index (χ4n) is 6.78. The molecule has 6 atom stereocenters. The Bertz CT molecular complexity index is 989. The number of esters is 1. The molecule has 4 rings (SSSR count). The van der Waals surface area contributed by atoms with Gasteiger partial charge in [-0.1, -0.05) is 38.1 Å². The van der Waals surface area contributed by atoms with E-state index in [9.17, 15) is 23.1 Å². The van der Waals surface area contributed by atoms with Crippen molar-refractivity contribution in [2.24, 2.45) is 23.7 Å². The van der Waals surface area contributed by atoms with Crippen molar-refractivity contribution in [2.45, 2.75) is 71.4 Å². The molecule has 0 bridgehead atoms. The average molecular weight is 523 g/mol. The Balaban J connectivity index is 1.35. The number of aliphatic hydroxyl groups is 1. The Morgan fingerprint density at radius 1 is 1.19 bits per heavy atom. The highest BCUT2D eigenvalue weighted by Crippen LogP contribution is 2.51. The molecule has 0 radical (unpaired) electrons. The van der Waals surface area contributed by atoms with Crippen LogP contribution in [0.4, 0.5) is 13.2 Å². The minimum atomic E-state index is -4.32. The summed E-state index contributed by atoms with van der Waals surface area (Å²) in [6.07, 6.45) is -0.0418. The molecule has 1 saturated heterocycles. The van der Waals surface area contributed by atoms with Gasteiger partial charge in [0, 0.05) is 58.5 Å². The van der Waals surface area contributed by atoms with Gasteiger partial charge in [0.1, 0.15) is 6.10 Å². The van der Waals surface area contributed by atoms with E-state index in [0.717, 1.165) is 57.2 Å². The number of ether oxygens (including phenoxy) is 1. The van der Waals surface area contributed by atoms with Gasteiger partial charge in [0.15, 0.2) is 0 Å². The zero-order chi connectivity index (χ0) is 27.0. The van der Waals surface area contributed by atoms with Crippen LogP contribution in [0.3, 0.4) is 0 Å². The summed E-state index contributed by atoms with van der Waals surface area (Å²) in [5.74, 6) is 0.592. The lowest BCUT2D eigenvalue weighted by Crippen LogP contribution is -2.56. The number of rotatable bonds is 6. The molecular formula is C29H41F3N2O3. The fourth-order valence-corrected chi connectivity index (χ4v) is 6.78. The van der Waals surface area contributed by atoms with Gasteiger partial charge < -0.3 is 14.7 Å². The van der Waals surface area contributed by atoms with Gasteiger partial charge in [-0.15, -0.1) is 0 Å². The third-order valence-electron chi connectivity index (χ3n) is 9.00. The van der Waals surface area contributed by atoms with Crippen LogP contribution in [0.25, 0.3) is 0 Å². The number of piperazine rings is 1. The maximum Gasteiger partial charge on any atom is 0.416 e. The molecule has 1 N–H and O–H groups in total. The van der Waals surface area contributed by atoms with Gasteiger partial charge >= 0.3 is 12.1 Å². The van der Waals surface area contributed by atoms with Crippen LogP contribution in [-0.4, -0.2) is 65.3 Å². The Morgan fingerprint density at radius 3 is 2.51 bits per heavy atom. The first-order valence-corrected chi connectivity index (χ1v) is 13.6. The highest BCUT2D eigenvalue weighted by molar-refractivity contribution is 5.66. The smallest absolute Gasteiger partial charge is 0.416 e. The monoisotopic (exact) mass is 522 g/mol. The van der Waals surface area contributed by atoms with Crippen LogP contribution in [0.15, 0.2) is 35.9 Å². The van der Waals surface area contributed by atoms with Gasteiger partial charge in [-0.05, 0) is 54.7 Å². The molecule has 2 fully saturated rings. The molecule has 0 unspecified atom stereocenters. The summed E-state index contributed by atoms with van der Waals surface area (Å²) in [5.41, 5.74) is 0.254. The van der Waals surface area contributed by atoms with E-state index in [0.29, 0.717) is 30.4 Å². The Hall–Kier alpha value is -1.90. The first-order chi connectivity index (χ1) is 17.4. The van der Waals surface area contributed by atoms with Crippen molar-refractivity contribution in [3.05, 3.63) is 47.0 Å². The van der Waals surface area contributed by atoms with Crippen LogP contribution in [0.5, 0.6) is 0 Å². The van der Waals surface area contributed by atoms with Gasteiger partial charge in [0.2, 0.25) is 0 Å². The number of hydrogen-bond acceptors (Lipinski definition) is 5. The number of alkyl halides is 3. The van der Waals surface area contributed by atoms with Crippen LogP contribution in [0, 0.1) is 23.7 Å². The molecule has 3 aliphatic rings. The minimum absolute atomic E-state index is 0.0419. The topological polar surface area (TPSA) is 53.0 Å². The summed E-state index contributed by atoms with van der Waals surface area (Å²) in [6.45, 7) is 12.7. The molecule has 0 amide bonds. The van der Waals surface area contributed by atoms with E-state index in [2.05, 4.69) is 29.7 Å². The van der Waals surface area contributed by atoms with E-state index in [-0.39, 0.29) is 23.9 Å². The molecule has 0 spiro atoms. The first kappa shape index (κ1) is 28.1. The van der Waals surface area contributed by atoms with Gasteiger partial charge in [-0.25, -0.2) is 0 Å². The van der Waals surface area contributed by atoms with Crippen molar-refractivity contribution in [1.82, 2.24) is 9.80 Å². The molecule has 206 valence electrons. The molecule has 0 aromatic heterocycles. The Labute approximate surface area is 218 Å². The number of nitrogens with zero attached hydrogens (tertiary/aromatic N) is 2. The number of halogens is 3. The zero-order valence-electron chi connectivity index (χ0n) is 22.4. The van der Waals surface area contributed by atoms with Crippen molar-refractivity contribution >= 4 is 5.97 Å². The molecule has 1 aliphatic heterocycles. The van der Waals surface area contributed by atoms with Crippen molar-refractivity contribution in [1.29, 1.82) is 0 Å². The van der Waals surface area contributed by atoms with Gasteiger partial charge in [-0.3, -0.25) is 9.69 Å². The van der Waals surface area contributed by atoms with Gasteiger partial charge in [0.05, 0.1) is 11.2 Å². The standard InChI is InChI=1S/C29H41F3N2O3/c1-19-14-26-25(9-8-21(3)28(26,36)16-27(19)37-22(4)35)20(2)17-33-10-12-34(13-11-33)18-23-6-5-7-24(15-23)29(30,31)32/h5-7,14-15,20-21,25-27,36H,8-13,16-18H2,1-4H3/t20-,21-,25+,26-,27-,28-/m1/s1. The molecule has 1 aromatic carbocycles. The highest BCUT2D eigenvalue weighted by Gasteiger charge is 2.52. The van der Waals surface area contributed by atoms with E-state index in [4.69, 9.17) is 4.74 Å². The lowest BCUT2D eigenvalue weighted by molar-refractivity contribution is -0.159. The molecule has 2 aliphatic carbocycles. The SMILES string of the molecule is CC(=O)O[C@@H]1C[C@@]2(O)[C@H](C)CC[C@@H]([C@H](C)CN3CCN(Cc4cccc(C(F)(F)F)c4)CC3)[C@H]2C=C1C. The Morgan fingerprint density at radius 2 is 1.86 bits per heavy atom. The van der Waals surface area contributed by atoms with E-state index >= 15 is 0 Å². The van der Waals surface area contributed by atoms with Crippen LogP contribution in [-0.2, 0) is 22.3 Å². The summed E-state index contributed by atoms with van der Waals surface area (Å²) >= 11 is 0. The van der Waals surface area contributed by atoms with Crippen LogP contribution >= 0.6 is 0 Å². The average Bonchev–Trinajstić information content (AvgIpc) is 2.82. The number of carbonyl (C=O) groups is 1. The fraction of sp³-hybridized carbons (Fsp3) is 0.690. The first-order valence-electron chi connectivity index (χ1n) is 13.6. The van der Waals surface area contributed by atoms with Crippen LogP contribution < -0.4 is 0 Å². The number of fused-ring (bicyclic) bond motifs is 1. The largest absolute Gasteiger partial charge is 0.458 e. The van der Waals surface area contributed by atoms with Crippen LogP contribution in [0.2, 0.25) is 0 Å². The molecule has 1 aromatic rings. The number of carbonyl (C=O) groups excluding carboxylic acids is 1. The molecule has 1 saturated carbocycles. The number of benzene rings is 1. The zero-order valence-corrected chi connectivity index (χ0v) is 22.4. The predicted molar refractivity (Wildman–Crippen MR) is 137 cm³/mol. The number of hydrogen-bond donors (Lipinski definition) is 1. The maximum absolute atomic E-state index is 13.1. The van der Waals surface area contributed by atoms with Crippen molar-refractivity contribution in [3.8, 4) is 0 Å². The van der Waals surface area contributed by atoms with E-state index in [1.54, 1.807) is 6.07 Å². The van der Waals surface area contributed by atoms with E-state index in [1.165, 1.54) is 19.1 Å². The molecule has 5 nitrogen and oxygen atoms in total. The van der Waals surface area contributed by atoms with Gasteiger partial charge in [0.25, 0.3) is 0 Å². The minimum Gasteiger partial charge on any atom is -0.458 e. The summed E-state index contributed by atoms with van der Waals surface area (Å²) < 4.78 is 44.7. The van der Waals surface area contributed by atoms with Crippen molar-refractivity contribution in [3.63, 3.8) is 0 Å². The normalized spacial score (nSPS) is 32.4. The summed E-state index contributed by atoms with van der Waals surface area (Å²) in [7, 11) is 0. The van der Waals surface area contributed by atoms with Crippen LogP contribution in [0.1, 0.15) is 58.1 Å². The summed E-state index contributed by atoms with van der Waals surface area (Å²) in [4.78, 5) is 16.3. The molecule has 37 heavy (non-hydrogen) atoms. The second kappa shape index (κ2) is 11.1. The summed E-state index contributed by atoms with van der Waals surface area (Å²) in [5, 5.41) is 11.8. The predicted octanol–water partition coefficient (Wildman–Crippen LogP) is 5.13. The Kier molecular flexibility index (Phi) is 8.41. The van der Waals surface area contributed by atoms with Crippen molar-refractivity contribution in [2.75, 3.05) is 32.7 Å². The second-order valence-electron chi connectivity index (χ2n) is 11.6. The van der Waals surface area contributed by atoms with E-state index in [1.807, 2.05) is 6.92 Å². The third kappa shape index (κ3) is 6.40. The quantitative estimate of drug-likeness (QED) is 0.415. The van der Waals surface area contributed by atoms with E-state index < -0.39 is 17.3 Å². The second-order valence-corrected chi connectivity index (χ2v) is 11.6. The molecule has 1 heterocycles. The lowest BCUT2D eigenvalue weighted by atomic mass is 9.57. The molecule has 8 heteroatoms. The van der Waals surface area contributed by atoms with Gasteiger partial charge in [-0.2, -0.15) is 13.2 Å².